The molecule has 0 aliphatic rings. The Morgan fingerprint density at radius 2 is 0.500 bits per heavy atom. The monoisotopic (exact) mass is 1410 g/mol. The van der Waals surface area contributed by atoms with Gasteiger partial charge in [-0.15, -0.1) is 0 Å². The number of carbonyl (C=O) groups is 4. The quantitative estimate of drug-likeness (QED) is 0.0222. The average Bonchev–Trinajstić information content (AvgIpc) is 1.44. The van der Waals surface area contributed by atoms with E-state index in [0.717, 1.165) is 120 Å². The van der Waals surface area contributed by atoms with Gasteiger partial charge in [0, 0.05) is 25.7 Å². The Labute approximate surface area is 588 Å². The van der Waals surface area contributed by atoms with E-state index < -0.39 is 97.5 Å². The number of aliphatic hydroxyl groups excluding tert-OH is 1. The van der Waals surface area contributed by atoms with Crippen molar-refractivity contribution in [1.29, 1.82) is 0 Å². The van der Waals surface area contributed by atoms with E-state index in [0.29, 0.717) is 25.7 Å². The molecule has 570 valence electrons. The lowest BCUT2D eigenvalue weighted by molar-refractivity contribution is -0.161. The summed E-state index contributed by atoms with van der Waals surface area (Å²) < 4.78 is 68.6. The number of ether oxygens (including phenoxy) is 4. The molecule has 19 heteroatoms. The third-order valence-corrected chi connectivity index (χ3v) is 20.8. The third-order valence-electron chi connectivity index (χ3n) is 18.9. The van der Waals surface area contributed by atoms with Gasteiger partial charge in [-0.2, -0.15) is 0 Å². The van der Waals surface area contributed by atoms with Crippen LogP contribution in [-0.2, 0) is 65.4 Å². The van der Waals surface area contributed by atoms with Crippen molar-refractivity contribution in [3.05, 3.63) is 0 Å². The van der Waals surface area contributed by atoms with Crippen molar-refractivity contribution < 1.29 is 80.2 Å². The summed E-state index contributed by atoms with van der Waals surface area (Å²) in [5.74, 6) is 1.02. The van der Waals surface area contributed by atoms with Gasteiger partial charge >= 0.3 is 39.5 Å². The number of carbonyl (C=O) groups excluding carboxylic acids is 4. The highest BCUT2D eigenvalue weighted by atomic mass is 31.2. The van der Waals surface area contributed by atoms with Gasteiger partial charge in [-0.1, -0.05) is 338 Å². The lowest BCUT2D eigenvalue weighted by atomic mass is 9.99. The van der Waals surface area contributed by atoms with E-state index in [1.54, 1.807) is 0 Å². The van der Waals surface area contributed by atoms with Crippen LogP contribution in [0.5, 0.6) is 0 Å². The molecule has 0 aromatic rings. The van der Waals surface area contributed by atoms with E-state index >= 15 is 0 Å². The molecule has 0 fully saturated rings. The summed E-state index contributed by atoms with van der Waals surface area (Å²) in [6.45, 7) is 14.2. The van der Waals surface area contributed by atoms with Crippen LogP contribution in [0.1, 0.15) is 389 Å². The zero-order chi connectivity index (χ0) is 71.0. The summed E-state index contributed by atoms with van der Waals surface area (Å²) in [6, 6.07) is 0. The van der Waals surface area contributed by atoms with Crippen LogP contribution in [0, 0.1) is 23.7 Å². The van der Waals surface area contributed by atoms with Crippen molar-refractivity contribution in [2.24, 2.45) is 23.7 Å². The first-order valence-electron chi connectivity index (χ1n) is 39.8. The maximum Gasteiger partial charge on any atom is 0.472 e. The smallest absolute Gasteiger partial charge is 0.462 e. The van der Waals surface area contributed by atoms with Crippen LogP contribution in [0.3, 0.4) is 0 Å². The Balaban J connectivity index is 5.25. The third kappa shape index (κ3) is 66.6. The first-order chi connectivity index (χ1) is 46.2. The Morgan fingerprint density at radius 3 is 0.740 bits per heavy atom. The molecule has 17 nitrogen and oxygen atoms in total. The highest BCUT2D eigenvalue weighted by Gasteiger charge is 2.30. The minimum Gasteiger partial charge on any atom is -0.462 e. The maximum atomic E-state index is 13.1. The molecular formula is C77H150O17P2. The summed E-state index contributed by atoms with van der Waals surface area (Å²) >= 11 is 0. The van der Waals surface area contributed by atoms with Gasteiger partial charge in [-0.25, -0.2) is 9.13 Å². The number of phosphoric acid groups is 2. The largest absolute Gasteiger partial charge is 0.472 e. The van der Waals surface area contributed by atoms with Crippen molar-refractivity contribution in [3.8, 4) is 0 Å². The van der Waals surface area contributed by atoms with Gasteiger partial charge in [0.1, 0.15) is 19.3 Å². The minimum absolute atomic E-state index is 0.106. The maximum absolute atomic E-state index is 13.1. The van der Waals surface area contributed by atoms with Crippen molar-refractivity contribution in [3.63, 3.8) is 0 Å². The Kier molecular flexibility index (Phi) is 65.0. The SMILES string of the molecule is CCC(C)CCCCCCCCCCCCCCCCC(=O)O[C@H](COC(=O)CCCCCCCCC(C)CC)COP(=O)(O)OC[C@H](O)COP(=O)(O)OC[C@@H](COC(=O)CCCCCCCCCCC(C)CC)OC(=O)CCCCCCCCCCCCCCCC(C)C. The molecule has 0 spiro atoms. The van der Waals surface area contributed by atoms with Gasteiger partial charge in [0.15, 0.2) is 12.2 Å². The molecule has 0 saturated heterocycles. The van der Waals surface area contributed by atoms with Gasteiger partial charge in [0.25, 0.3) is 0 Å². The fourth-order valence-electron chi connectivity index (χ4n) is 11.6. The predicted octanol–water partition coefficient (Wildman–Crippen LogP) is 22.4. The molecule has 0 saturated carbocycles. The van der Waals surface area contributed by atoms with Crippen LogP contribution >= 0.6 is 15.6 Å². The highest BCUT2D eigenvalue weighted by molar-refractivity contribution is 7.47. The number of unbranched alkanes of at least 4 members (excludes halogenated alkanes) is 37. The van der Waals surface area contributed by atoms with Crippen LogP contribution in [0.2, 0.25) is 0 Å². The number of phosphoric ester groups is 2. The van der Waals surface area contributed by atoms with Crippen LogP contribution in [0.4, 0.5) is 0 Å². The second-order valence-corrected chi connectivity index (χ2v) is 31.9. The van der Waals surface area contributed by atoms with Crippen molar-refractivity contribution in [1.82, 2.24) is 0 Å². The molecule has 3 N–H and O–H groups in total. The first-order valence-corrected chi connectivity index (χ1v) is 42.8. The fourth-order valence-corrected chi connectivity index (χ4v) is 13.2. The van der Waals surface area contributed by atoms with E-state index in [4.69, 9.17) is 37.0 Å². The van der Waals surface area contributed by atoms with E-state index in [1.165, 1.54) is 186 Å². The van der Waals surface area contributed by atoms with Gasteiger partial charge in [-0.05, 0) is 49.4 Å². The molecule has 5 unspecified atom stereocenters. The summed E-state index contributed by atoms with van der Waals surface area (Å²) in [7, 11) is -9.92. The predicted molar refractivity (Wildman–Crippen MR) is 391 cm³/mol. The normalized spacial score (nSPS) is 15.0. The molecule has 96 heavy (non-hydrogen) atoms. The summed E-state index contributed by atoms with van der Waals surface area (Å²) in [4.78, 5) is 72.9. The van der Waals surface area contributed by atoms with Crippen molar-refractivity contribution in [2.75, 3.05) is 39.6 Å². The lowest BCUT2D eigenvalue weighted by Crippen LogP contribution is -2.30. The minimum atomic E-state index is -4.96. The molecule has 0 aliphatic carbocycles. The van der Waals surface area contributed by atoms with Gasteiger partial charge in [0.2, 0.25) is 0 Å². The molecule has 0 rings (SSSR count). The second kappa shape index (κ2) is 66.3. The number of esters is 4. The summed E-state index contributed by atoms with van der Waals surface area (Å²) in [5.41, 5.74) is 0. The zero-order valence-corrected chi connectivity index (χ0v) is 64.8. The zero-order valence-electron chi connectivity index (χ0n) is 63.0. The van der Waals surface area contributed by atoms with Gasteiger partial charge < -0.3 is 33.8 Å². The molecule has 0 amide bonds. The molecular weight excluding hydrogens is 1260 g/mol. The number of hydrogen-bond acceptors (Lipinski definition) is 15. The Morgan fingerprint density at radius 1 is 0.292 bits per heavy atom. The molecule has 8 atom stereocenters. The van der Waals surface area contributed by atoms with Gasteiger partial charge in [-0.3, -0.25) is 37.3 Å². The molecule has 0 aliphatic heterocycles. The number of rotatable bonds is 74. The van der Waals surface area contributed by atoms with Crippen LogP contribution in [-0.4, -0.2) is 96.7 Å². The fraction of sp³-hybridized carbons (Fsp3) is 0.948. The second-order valence-electron chi connectivity index (χ2n) is 28.9. The Bertz CT molecular complexity index is 1890. The van der Waals surface area contributed by atoms with Crippen molar-refractivity contribution >= 4 is 39.5 Å². The van der Waals surface area contributed by atoms with Crippen LogP contribution < -0.4 is 0 Å². The van der Waals surface area contributed by atoms with E-state index in [9.17, 15) is 43.2 Å². The Hall–Kier alpha value is -1.94. The highest BCUT2D eigenvalue weighted by Crippen LogP contribution is 2.45. The summed E-state index contributed by atoms with van der Waals surface area (Å²) in [5, 5.41) is 10.6. The standard InChI is InChI=1S/C77H150O17P2/c1-9-68(6)54-46-38-30-24-20-16-12-13-17-21-25-33-43-51-59-77(82)94-73(64-88-75(80)58-50-42-36-35-40-48-56-70(8)11-3)66-92-96(85,86)90-62-71(78)61-89-95(83,84)91-65-72(63-87-74(79)57-49-41-32-28-27-31-39-47-55-69(7)10-2)93-76(81)60-52-44-34-26-22-18-14-15-19-23-29-37-45-53-67(4)5/h67-73,78H,9-66H2,1-8H3,(H,83,84)(H,85,86)/t68?,69?,70?,71-,72-,73-/m1/s1. The van der Waals surface area contributed by atoms with E-state index in [-0.39, 0.29) is 25.7 Å². The summed E-state index contributed by atoms with van der Waals surface area (Å²) in [6.07, 6.45) is 51.2. The average molecular weight is 1410 g/mol. The molecule has 0 radical (unpaired) electrons. The number of aliphatic hydroxyl groups is 1. The lowest BCUT2D eigenvalue weighted by Gasteiger charge is -2.21. The molecule has 0 heterocycles. The van der Waals surface area contributed by atoms with Crippen LogP contribution in [0.15, 0.2) is 0 Å². The van der Waals surface area contributed by atoms with E-state index in [1.807, 2.05) is 0 Å². The molecule has 0 aromatic carbocycles. The first kappa shape index (κ1) is 94.1. The van der Waals surface area contributed by atoms with Gasteiger partial charge in [0.05, 0.1) is 26.4 Å². The van der Waals surface area contributed by atoms with Crippen molar-refractivity contribution in [2.45, 2.75) is 408 Å². The number of hydrogen-bond donors (Lipinski definition) is 3. The van der Waals surface area contributed by atoms with E-state index in [2.05, 4.69) is 55.4 Å². The molecule has 0 aromatic heterocycles. The topological polar surface area (TPSA) is 237 Å². The van der Waals surface area contributed by atoms with Crippen LogP contribution in [0.25, 0.3) is 0 Å². The molecule has 0 bridgehead atoms.